The van der Waals surface area contributed by atoms with Crippen LogP contribution in [-0.4, -0.2) is 30.4 Å². The molecular weight excluding hydrogens is 260 g/mol. The smallest absolute Gasteiger partial charge is 0.220 e. The van der Waals surface area contributed by atoms with E-state index in [1.54, 1.807) is 0 Å². The Kier molecular flexibility index (Phi) is 6.24. The number of benzene rings is 1. The van der Waals surface area contributed by atoms with Crippen molar-refractivity contribution in [2.24, 2.45) is 0 Å². The van der Waals surface area contributed by atoms with Crippen LogP contribution in [0.3, 0.4) is 0 Å². The molecule has 0 aromatic heterocycles. The van der Waals surface area contributed by atoms with Gasteiger partial charge in [-0.15, -0.1) is 0 Å². The lowest BCUT2D eigenvalue weighted by atomic mass is 10.0. The maximum Gasteiger partial charge on any atom is 0.220 e. The van der Waals surface area contributed by atoms with Crippen molar-refractivity contribution in [3.05, 3.63) is 35.4 Å². The van der Waals surface area contributed by atoms with Gasteiger partial charge in [0.2, 0.25) is 5.91 Å². The second-order valence-electron chi connectivity index (χ2n) is 6.08. The van der Waals surface area contributed by atoms with Crippen LogP contribution in [0.5, 0.6) is 0 Å². The van der Waals surface area contributed by atoms with Crippen molar-refractivity contribution in [3.63, 3.8) is 0 Å². The van der Waals surface area contributed by atoms with Gasteiger partial charge in [-0.1, -0.05) is 43.2 Å². The van der Waals surface area contributed by atoms with Crippen molar-refractivity contribution in [2.45, 2.75) is 52.0 Å². The van der Waals surface area contributed by atoms with Gasteiger partial charge >= 0.3 is 0 Å². The number of hydrogen-bond acceptors (Lipinski definition) is 2. The first kappa shape index (κ1) is 16.0. The van der Waals surface area contributed by atoms with Crippen LogP contribution in [0, 0.1) is 6.92 Å². The van der Waals surface area contributed by atoms with Gasteiger partial charge in [-0.25, -0.2) is 0 Å². The van der Waals surface area contributed by atoms with Gasteiger partial charge in [-0.3, -0.25) is 9.69 Å². The molecular formula is C18H28N2O. The van der Waals surface area contributed by atoms with E-state index in [1.165, 1.54) is 30.4 Å². The third-order valence-corrected chi connectivity index (χ3v) is 4.26. The molecule has 1 atom stereocenters. The molecule has 1 fully saturated rings. The fourth-order valence-electron chi connectivity index (χ4n) is 3.00. The molecule has 0 saturated carbocycles. The predicted octanol–water partition coefficient (Wildman–Crippen LogP) is 3.44. The van der Waals surface area contributed by atoms with E-state index in [9.17, 15) is 4.79 Å². The molecule has 1 amide bonds. The van der Waals surface area contributed by atoms with Crippen molar-refractivity contribution in [1.82, 2.24) is 10.2 Å². The Balaban J connectivity index is 2.05. The molecule has 3 nitrogen and oxygen atoms in total. The van der Waals surface area contributed by atoms with Crippen LogP contribution in [-0.2, 0) is 4.79 Å². The Morgan fingerprint density at radius 3 is 2.48 bits per heavy atom. The van der Waals surface area contributed by atoms with E-state index < -0.39 is 0 Å². The summed E-state index contributed by atoms with van der Waals surface area (Å²) in [5.41, 5.74) is 2.60. The molecule has 1 saturated heterocycles. The summed E-state index contributed by atoms with van der Waals surface area (Å²) in [5.74, 6) is 0.173. The van der Waals surface area contributed by atoms with Crippen LogP contribution in [0.15, 0.2) is 24.3 Å². The Bertz CT molecular complexity index is 435. The molecule has 116 valence electrons. The normalized spacial score (nSPS) is 17.4. The summed E-state index contributed by atoms with van der Waals surface area (Å²) in [5, 5.41) is 3.11. The summed E-state index contributed by atoms with van der Waals surface area (Å²) in [6.07, 6.45) is 5.40. The standard InChI is InChI=1S/C18H28N2O/c1-3-7-18(21)19-14-17(20-12-5-4-6-13-20)16-10-8-15(2)9-11-16/h8-11,17H,3-7,12-14H2,1-2H3,(H,19,21)/t17-/m1/s1. The molecule has 0 aliphatic carbocycles. The summed E-state index contributed by atoms with van der Waals surface area (Å²) in [6.45, 7) is 7.16. The van der Waals surface area contributed by atoms with Gasteiger partial charge in [-0.2, -0.15) is 0 Å². The second-order valence-corrected chi connectivity index (χ2v) is 6.08. The third kappa shape index (κ3) is 4.85. The molecule has 0 radical (unpaired) electrons. The van der Waals surface area contributed by atoms with E-state index in [2.05, 4.69) is 41.4 Å². The minimum absolute atomic E-state index is 0.173. The van der Waals surface area contributed by atoms with E-state index in [1.807, 2.05) is 6.92 Å². The van der Waals surface area contributed by atoms with Gasteiger partial charge < -0.3 is 5.32 Å². The third-order valence-electron chi connectivity index (χ3n) is 4.26. The quantitative estimate of drug-likeness (QED) is 0.869. The summed E-state index contributed by atoms with van der Waals surface area (Å²) < 4.78 is 0. The highest BCUT2D eigenvalue weighted by atomic mass is 16.1. The molecule has 1 aliphatic heterocycles. The fraction of sp³-hybridized carbons (Fsp3) is 0.611. The summed E-state index contributed by atoms with van der Waals surface area (Å²) in [7, 11) is 0. The molecule has 0 spiro atoms. The minimum Gasteiger partial charge on any atom is -0.354 e. The zero-order valence-electron chi connectivity index (χ0n) is 13.4. The maximum atomic E-state index is 11.8. The molecule has 1 N–H and O–H groups in total. The van der Waals surface area contributed by atoms with Crippen LogP contribution < -0.4 is 5.32 Å². The van der Waals surface area contributed by atoms with E-state index in [0.29, 0.717) is 12.5 Å². The molecule has 0 bridgehead atoms. The van der Waals surface area contributed by atoms with Crippen molar-refractivity contribution < 1.29 is 4.79 Å². The Morgan fingerprint density at radius 1 is 1.19 bits per heavy atom. The lowest BCUT2D eigenvalue weighted by Crippen LogP contribution is -2.40. The number of piperidine rings is 1. The van der Waals surface area contributed by atoms with Gasteiger partial charge in [0.15, 0.2) is 0 Å². The average Bonchev–Trinajstić information content (AvgIpc) is 2.50. The largest absolute Gasteiger partial charge is 0.354 e. The fourth-order valence-corrected chi connectivity index (χ4v) is 3.00. The van der Waals surface area contributed by atoms with Crippen LogP contribution in [0.4, 0.5) is 0 Å². The van der Waals surface area contributed by atoms with Gasteiger partial charge in [0.05, 0.1) is 6.04 Å². The van der Waals surface area contributed by atoms with E-state index in [4.69, 9.17) is 0 Å². The first-order valence-electron chi connectivity index (χ1n) is 8.28. The number of aryl methyl sites for hydroxylation is 1. The topological polar surface area (TPSA) is 32.3 Å². The zero-order chi connectivity index (χ0) is 15.1. The number of nitrogens with zero attached hydrogens (tertiary/aromatic N) is 1. The number of hydrogen-bond donors (Lipinski definition) is 1. The number of amides is 1. The number of carbonyl (C=O) groups excluding carboxylic acids is 1. The van der Waals surface area contributed by atoms with Crippen molar-refractivity contribution in [3.8, 4) is 0 Å². The molecule has 1 aromatic carbocycles. The predicted molar refractivity (Wildman–Crippen MR) is 87.3 cm³/mol. The molecule has 21 heavy (non-hydrogen) atoms. The highest BCUT2D eigenvalue weighted by Crippen LogP contribution is 2.24. The first-order valence-corrected chi connectivity index (χ1v) is 8.28. The lowest BCUT2D eigenvalue weighted by molar-refractivity contribution is -0.121. The minimum atomic E-state index is 0.173. The zero-order valence-corrected chi connectivity index (χ0v) is 13.4. The van der Waals surface area contributed by atoms with Gasteiger partial charge in [0, 0.05) is 13.0 Å². The highest BCUT2D eigenvalue weighted by molar-refractivity contribution is 5.75. The summed E-state index contributed by atoms with van der Waals surface area (Å²) in [4.78, 5) is 14.3. The average molecular weight is 288 g/mol. The summed E-state index contributed by atoms with van der Waals surface area (Å²) >= 11 is 0. The van der Waals surface area contributed by atoms with Crippen molar-refractivity contribution in [2.75, 3.05) is 19.6 Å². The highest BCUT2D eigenvalue weighted by Gasteiger charge is 2.22. The Hall–Kier alpha value is -1.35. The van der Waals surface area contributed by atoms with Crippen molar-refractivity contribution in [1.29, 1.82) is 0 Å². The van der Waals surface area contributed by atoms with Crippen LogP contribution in [0.1, 0.15) is 56.2 Å². The van der Waals surface area contributed by atoms with E-state index >= 15 is 0 Å². The Morgan fingerprint density at radius 2 is 1.86 bits per heavy atom. The number of carbonyl (C=O) groups is 1. The molecule has 1 aliphatic rings. The monoisotopic (exact) mass is 288 g/mol. The van der Waals surface area contributed by atoms with Crippen LogP contribution in [0.2, 0.25) is 0 Å². The van der Waals surface area contributed by atoms with Gasteiger partial charge in [0.25, 0.3) is 0 Å². The van der Waals surface area contributed by atoms with Crippen molar-refractivity contribution >= 4 is 5.91 Å². The molecule has 3 heteroatoms. The number of nitrogens with one attached hydrogen (secondary N) is 1. The second kappa shape index (κ2) is 8.18. The lowest BCUT2D eigenvalue weighted by Gasteiger charge is -2.35. The van der Waals surface area contributed by atoms with Crippen LogP contribution >= 0.6 is 0 Å². The van der Waals surface area contributed by atoms with Gasteiger partial charge in [-0.05, 0) is 44.8 Å². The van der Waals surface area contributed by atoms with E-state index in [0.717, 1.165) is 26.1 Å². The first-order chi connectivity index (χ1) is 10.2. The maximum absolute atomic E-state index is 11.8. The van der Waals surface area contributed by atoms with E-state index in [-0.39, 0.29) is 5.91 Å². The van der Waals surface area contributed by atoms with Gasteiger partial charge in [0.1, 0.15) is 0 Å². The molecule has 2 rings (SSSR count). The molecule has 0 unspecified atom stereocenters. The SMILES string of the molecule is CCCC(=O)NC[C@H](c1ccc(C)cc1)N1CCCCC1. The molecule has 1 heterocycles. The number of rotatable bonds is 6. The summed E-state index contributed by atoms with van der Waals surface area (Å²) in [6, 6.07) is 9.06. The van der Waals surface area contributed by atoms with Crippen LogP contribution in [0.25, 0.3) is 0 Å². The molecule has 1 aromatic rings. The Labute approximate surface area is 128 Å². The number of likely N-dealkylation sites (tertiary alicyclic amines) is 1.